The first kappa shape index (κ1) is 59.3. The molecule has 3 saturated heterocycles. The topological polar surface area (TPSA) is 132 Å². The first-order chi connectivity index (χ1) is 38.3. The molecule has 6 aromatic rings. The van der Waals surface area contributed by atoms with Crippen molar-refractivity contribution in [3.8, 4) is 22.8 Å². The van der Waals surface area contributed by atoms with E-state index in [1.807, 2.05) is 9.80 Å². The lowest BCUT2D eigenvalue weighted by Gasteiger charge is -2.28. The Morgan fingerprint density at radius 2 is 0.900 bits per heavy atom. The number of benzene rings is 4. The number of anilines is 2. The van der Waals surface area contributed by atoms with Crippen LogP contribution >= 0.6 is 0 Å². The largest absolute Gasteiger partial charge is 0.416 e. The smallest absolute Gasteiger partial charge is 0.379 e. The average Bonchev–Trinajstić information content (AvgIpc) is 3.45. The maximum atomic E-state index is 14.8. The van der Waals surface area contributed by atoms with E-state index in [4.69, 9.17) is 18.9 Å². The molecule has 3 aliphatic heterocycles. The van der Waals surface area contributed by atoms with Crippen LogP contribution in [-0.2, 0) is 79.6 Å². The first-order valence-electron chi connectivity index (χ1n) is 26.5. The number of carbonyl (C=O) groups is 2. The second-order valence-corrected chi connectivity index (χ2v) is 19.8. The number of rotatable bonds is 18. The molecule has 0 aliphatic carbocycles. The van der Waals surface area contributed by atoms with Gasteiger partial charge in [0, 0.05) is 82.6 Å². The van der Waals surface area contributed by atoms with Gasteiger partial charge in [0.25, 0.3) is 0 Å². The third-order valence-electron chi connectivity index (χ3n) is 13.9. The van der Waals surface area contributed by atoms with Crippen molar-refractivity contribution in [1.29, 1.82) is 0 Å². The molecule has 0 bridgehead atoms. The Hall–Kier alpha value is -6.78. The standard InChI is InChI=1S/C32H36F4N4O4.C27H27F4N3O2/c1-22-29(33)31(40-11-16-43-17-12-40)38-30(37-22)25-5-2-23(3-6-25)18-27(41)19-24-4-7-26(28(20-24)32(34,35)36)21-44-15-10-39-8-13-42-14-9-39;1-3-20-7-6-19(16-23(20)27(29,30)31)15-22(35)14-18-4-8-21(9-5-18)25-32-17(2)24(28)26(33-25)34-10-12-36-13-11-34/h2-7,20H,8-19,21H2,1H3;4-9,16H,3,10-15H2,1-2H3. The van der Waals surface area contributed by atoms with Gasteiger partial charge in [0.05, 0.1) is 75.4 Å². The first-order valence-corrected chi connectivity index (χ1v) is 26.5. The predicted octanol–water partition coefficient (Wildman–Crippen LogP) is 10.0. The third-order valence-corrected chi connectivity index (χ3v) is 13.9. The molecule has 80 heavy (non-hydrogen) atoms. The Morgan fingerprint density at radius 1 is 0.525 bits per heavy atom. The maximum Gasteiger partial charge on any atom is 0.416 e. The Kier molecular flexibility index (Phi) is 20.1. The van der Waals surface area contributed by atoms with Crippen molar-refractivity contribution >= 4 is 23.2 Å². The van der Waals surface area contributed by atoms with Crippen molar-refractivity contribution in [2.75, 3.05) is 102 Å². The van der Waals surface area contributed by atoms with E-state index >= 15 is 0 Å². The van der Waals surface area contributed by atoms with E-state index in [1.54, 1.807) is 81.4 Å². The van der Waals surface area contributed by atoms with Crippen molar-refractivity contribution in [3.63, 3.8) is 0 Å². The van der Waals surface area contributed by atoms with Crippen LogP contribution in [0.25, 0.3) is 22.8 Å². The van der Waals surface area contributed by atoms with Crippen LogP contribution in [0, 0.1) is 25.5 Å². The molecule has 0 spiro atoms. The molecule has 3 fully saturated rings. The second-order valence-electron chi connectivity index (χ2n) is 19.8. The number of ether oxygens (including phenoxy) is 4. The number of nitrogens with zero attached hydrogens (tertiary/aromatic N) is 7. The van der Waals surface area contributed by atoms with E-state index < -0.39 is 35.1 Å². The predicted molar refractivity (Wildman–Crippen MR) is 284 cm³/mol. The monoisotopic (exact) mass is 1120 g/mol. The summed E-state index contributed by atoms with van der Waals surface area (Å²) < 4.78 is 133. The van der Waals surface area contributed by atoms with Gasteiger partial charge < -0.3 is 28.7 Å². The van der Waals surface area contributed by atoms with Gasteiger partial charge in [0.1, 0.15) is 11.6 Å². The molecule has 0 radical (unpaired) electrons. The molecule has 21 heteroatoms. The van der Waals surface area contributed by atoms with E-state index in [2.05, 4.69) is 24.8 Å². The summed E-state index contributed by atoms with van der Waals surface area (Å²) in [6.07, 6.45) is -8.84. The van der Waals surface area contributed by atoms with Crippen LogP contribution in [0.5, 0.6) is 0 Å². The third kappa shape index (κ3) is 16.0. The molecule has 2 aromatic heterocycles. The minimum Gasteiger partial charge on any atom is -0.379 e. The zero-order chi connectivity index (χ0) is 57.0. The normalized spacial score (nSPS) is 15.4. The van der Waals surface area contributed by atoms with Crippen molar-refractivity contribution in [2.45, 2.75) is 71.8 Å². The van der Waals surface area contributed by atoms with E-state index in [0.29, 0.717) is 118 Å². The summed E-state index contributed by atoms with van der Waals surface area (Å²) in [5.41, 5.74) is 2.65. The number of alkyl halides is 6. The molecule has 4 aromatic carbocycles. The van der Waals surface area contributed by atoms with Gasteiger partial charge in [-0.15, -0.1) is 0 Å². The Morgan fingerprint density at radius 3 is 1.31 bits per heavy atom. The lowest BCUT2D eigenvalue weighted by molar-refractivity contribution is -0.139. The Bertz CT molecular complexity index is 3070. The molecule has 426 valence electrons. The molecule has 0 atom stereocenters. The minimum atomic E-state index is -4.57. The fraction of sp³-hybridized carbons (Fsp3) is 0.424. The highest BCUT2D eigenvalue weighted by Gasteiger charge is 2.35. The van der Waals surface area contributed by atoms with E-state index in [9.17, 15) is 44.7 Å². The number of aromatic nitrogens is 4. The van der Waals surface area contributed by atoms with E-state index in [1.165, 1.54) is 12.1 Å². The molecule has 0 unspecified atom stereocenters. The van der Waals surface area contributed by atoms with E-state index in [0.717, 1.165) is 30.8 Å². The zero-order valence-electron chi connectivity index (χ0n) is 44.8. The fourth-order valence-corrected chi connectivity index (χ4v) is 9.52. The van der Waals surface area contributed by atoms with E-state index in [-0.39, 0.29) is 84.4 Å². The van der Waals surface area contributed by atoms with Crippen LogP contribution in [0.2, 0.25) is 0 Å². The molecule has 0 saturated carbocycles. The molecule has 0 N–H and O–H groups in total. The zero-order valence-corrected chi connectivity index (χ0v) is 44.8. The van der Waals surface area contributed by atoms with Crippen molar-refractivity contribution in [1.82, 2.24) is 24.8 Å². The number of morpholine rings is 3. The Labute approximate surface area is 459 Å². The highest BCUT2D eigenvalue weighted by Crippen LogP contribution is 2.35. The van der Waals surface area contributed by atoms with Gasteiger partial charge in [0.2, 0.25) is 0 Å². The highest BCUT2D eigenvalue weighted by molar-refractivity contribution is 5.84. The summed E-state index contributed by atoms with van der Waals surface area (Å²) in [6.45, 7) is 12.6. The molecular formula is C59H63F8N7O6. The number of hydrogen-bond donors (Lipinski definition) is 0. The molecular weight excluding hydrogens is 1050 g/mol. The lowest BCUT2D eigenvalue weighted by atomic mass is 9.97. The van der Waals surface area contributed by atoms with Crippen molar-refractivity contribution in [3.05, 3.63) is 152 Å². The summed E-state index contributed by atoms with van der Waals surface area (Å²) in [5.74, 6) is -0.102. The highest BCUT2D eigenvalue weighted by atomic mass is 19.4. The molecule has 0 amide bonds. The van der Waals surface area contributed by atoms with Crippen LogP contribution < -0.4 is 9.80 Å². The summed E-state index contributed by atoms with van der Waals surface area (Å²) in [7, 11) is 0. The molecule has 3 aliphatic rings. The van der Waals surface area contributed by atoms with Crippen LogP contribution in [0.15, 0.2) is 84.9 Å². The Balaban J connectivity index is 0.000000215. The quantitative estimate of drug-likeness (QED) is 0.0598. The van der Waals surface area contributed by atoms with Gasteiger partial charge >= 0.3 is 12.4 Å². The van der Waals surface area contributed by atoms with Crippen LogP contribution in [0.1, 0.15) is 62.8 Å². The van der Waals surface area contributed by atoms with Gasteiger partial charge in [-0.1, -0.05) is 79.7 Å². The minimum absolute atomic E-state index is 0.0429. The fourth-order valence-electron chi connectivity index (χ4n) is 9.52. The van der Waals surface area contributed by atoms with Crippen LogP contribution in [0.3, 0.4) is 0 Å². The van der Waals surface area contributed by atoms with Gasteiger partial charge in [-0.2, -0.15) is 26.3 Å². The maximum absolute atomic E-state index is 14.8. The van der Waals surface area contributed by atoms with Gasteiger partial charge in [-0.25, -0.2) is 28.7 Å². The number of hydrogen-bond acceptors (Lipinski definition) is 13. The summed E-state index contributed by atoms with van der Waals surface area (Å²) >= 11 is 0. The molecule has 13 nitrogen and oxygen atoms in total. The second kappa shape index (κ2) is 27.1. The van der Waals surface area contributed by atoms with Crippen molar-refractivity contribution < 1.29 is 63.7 Å². The summed E-state index contributed by atoms with van der Waals surface area (Å²) in [4.78, 5) is 48.7. The number of halogens is 8. The number of aryl methyl sites for hydroxylation is 3. The van der Waals surface area contributed by atoms with Gasteiger partial charge in [-0.05, 0) is 65.8 Å². The van der Waals surface area contributed by atoms with Gasteiger partial charge in [0.15, 0.2) is 34.9 Å². The SMILES string of the molecule is CCc1ccc(CC(=O)Cc2ccc(-c3nc(C)c(F)c(N4CCOCC4)n3)cc2)cc1C(F)(F)F.Cc1nc(-c2ccc(CC(=O)Cc3ccc(COCCN4CCOCC4)c(C(F)(F)F)c3)cc2)nc(N2CCOCC2)c1F. The molecule has 5 heterocycles. The average molecular weight is 1120 g/mol. The van der Waals surface area contributed by atoms with Crippen molar-refractivity contribution in [2.24, 2.45) is 0 Å². The number of Topliss-reactive ketones (excluding diaryl/α,β-unsaturated/α-hetero) is 2. The lowest BCUT2D eigenvalue weighted by Crippen LogP contribution is -2.38. The number of carbonyl (C=O) groups excluding carboxylic acids is 2. The van der Waals surface area contributed by atoms with Crippen LogP contribution in [0.4, 0.5) is 46.8 Å². The van der Waals surface area contributed by atoms with Crippen LogP contribution in [-0.4, -0.2) is 128 Å². The summed E-state index contributed by atoms with van der Waals surface area (Å²) in [5, 5.41) is 0. The molecule has 9 rings (SSSR count). The summed E-state index contributed by atoms with van der Waals surface area (Å²) in [6, 6.07) is 22.1. The number of ketones is 2. The van der Waals surface area contributed by atoms with Gasteiger partial charge in [-0.3, -0.25) is 14.5 Å².